The van der Waals surface area contributed by atoms with E-state index in [1.54, 1.807) is 6.07 Å². The summed E-state index contributed by atoms with van der Waals surface area (Å²) in [5, 5.41) is 22.6. The molecule has 6 atom stereocenters. The van der Waals surface area contributed by atoms with Crippen molar-refractivity contribution in [3.63, 3.8) is 0 Å². The molecule has 2 bridgehead atoms. The average Bonchev–Trinajstić information content (AvgIpc) is 3.59. The van der Waals surface area contributed by atoms with Crippen molar-refractivity contribution < 1.29 is 14.6 Å². The van der Waals surface area contributed by atoms with Crippen LogP contribution in [0.1, 0.15) is 55.7 Å². The van der Waals surface area contributed by atoms with E-state index in [0.717, 1.165) is 54.5 Å². The van der Waals surface area contributed by atoms with Gasteiger partial charge in [0.2, 0.25) is 5.91 Å². The molecule has 6 nitrogen and oxygen atoms in total. The number of hydrogen-bond donors (Lipinski definition) is 4. The smallest absolute Gasteiger partial charge is 0.221 e. The lowest BCUT2D eigenvalue weighted by molar-refractivity contribution is -0.114. The van der Waals surface area contributed by atoms with Gasteiger partial charge < -0.3 is 25.8 Å². The second-order valence-electron chi connectivity index (χ2n) is 11.7. The summed E-state index contributed by atoms with van der Waals surface area (Å²) >= 11 is 6.13. The lowest BCUT2D eigenvalue weighted by Crippen LogP contribution is -2.70. The third-order valence-electron chi connectivity index (χ3n) is 9.59. The number of nitrogens with one attached hydrogen (secondary N) is 3. The second kappa shape index (κ2) is 8.37. The van der Waals surface area contributed by atoms with Gasteiger partial charge in [0.25, 0.3) is 0 Å². The fourth-order valence-electron chi connectivity index (χ4n) is 8.06. The molecule has 190 valence electrons. The van der Waals surface area contributed by atoms with E-state index in [-0.39, 0.29) is 29.2 Å². The summed E-state index contributed by atoms with van der Waals surface area (Å²) in [4.78, 5) is 12.0. The Morgan fingerprint density at radius 3 is 2.83 bits per heavy atom. The van der Waals surface area contributed by atoms with Gasteiger partial charge in [-0.25, -0.2) is 0 Å². The Kier molecular flexibility index (Phi) is 5.32. The van der Waals surface area contributed by atoms with Crippen molar-refractivity contribution in [2.75, 3.05) is 11.9 Å². The van der Waals surface area contributed by atoms with E-state index >= 15 is 0 Å². The van der Waals surface area contributed by atoms with Crippen LogP contribution in [-0.4, -0.2) is 35.7 Å². The first-order valence-corrected chi connectivity index (χ1v) is 13.9. The van der Waals surface area contributed by atoms with Gasteiger partial charge >= 0.3 is 0 Å². The topological polar surface area (TPSA) is 82.6 Å². The molecule has 2 heterocycles. The number of amides is 1. The molecule has 7 heteroatoms. The Bertz CT molecular complexity index is 1210. The number of hydrogen-bond acceptors (Lipinski definition) is 5. The number of benzene rings is 2. The fraction of sp³-hybridized carbons (Fsp3) is 0.552. The molecule has 5 aliphatic rings. The lowest BCUT2D eigenvalue weighted by Gasteiger charge is -2.59. The zero-order valence-corrected chi connectivity index (χ0v) is 21.4. The molecule has 4 N–H and O–H groups in total. The molecule has 0 radical (unpaired) electrons. The van der Waals surface area contributed by atoms with Crippen molar-refractivity contribution in [1.82, 2.24) is 10.6 Å². The molecule has 3 aliphatic carbocycles. The molecule has 1 spiro atoms. The summed E-state index contributed by atoms with van der Waals surface area (Å²) in [6.45, 7) is 3.24. The highest BCUT2D eigenvalue weighted by Crippen LogP contribution is 2.65. The van der Waals surface area contributed by atoms with Gasteiger partial charge in [-0.05, 0) is 73.2 Å². The quantitative estimate of drug-likeness (QED) is 0.462. The normalized spacial score (nSPS) is 33.6. The molecule has 0 aromatic heterocycles. The molecule has 36 heavy (non-hydrogen) atoms. The number of rotatable bonds is 6. The highest BCUT2D eigenvalue weighted by molar-refractivity contribution is 6.30. The molecular weight excluding hydrogens is 474 g/mol. The predicted octanol–water partition coefficient (Wildman–Crippen LogP) is 4.52. The van der Waals surface area contributed by atoms with Crippen LogP contribution in [0, 0.1) is 17.8 Å². The molecular formula is C29H34ClN3O3. The van der Waals surface area contributed by atoms with E-state index in [0.29, 0.717) is 23.6 Å². The first-order valence-electron chi connectivity index (χ1n) is 13.5. The highest BCUT2D eigenvalue weighted by atomic mass is 35.5. The molecule has 1 unspecified atom stereocenters. The Balaban J connectivity index is 1.31. The van der Waals surface area contributed by atoms with Crippen molar-refractivity contribution >= 4 is 23.2 Å². The number of anilines is 1. The van der Waals surface area contributed by atoms with Crippen LogP contribution in [0.3, 0.4) is 0 Å². The van der Waals surface area contributed by atoms with Crippen LogP contribution >= 0.6 is 11.6 Å². The average molecular weight is 508 g/mol. The lowest BCUT2D eigenvalue weighted by atomic mass is 9.49. The van der Waals surface area contributed by atoms with Gasteiger partial charge in [-0.1, -0.05) is 36.6 Å². The van der Waals surface area contributed by atoms with Crippen LogP contribution in [0.5, 0.6) is 11.5 Å². The van der Waals surface area contributed by atoms with Crippen LogP contribution < -0.4 is 20.7 Å². The third kappa shape index (κ3) is 3.48. The fourth-order valence-corrected chi connectivity index (χ4v) is 8.19. The van der Waals surface area contributed by atoms with Crippen LogP contribution in [-0.2, 0) is 23.2 Å². The zero-order valence-electron chi connectivity index (χ0n) is 20.6. The van der Waals surface area contributed by atoms with E-state index in [4.69, 9.17) is 16.3 Å². The van der Waals surface area contributed by atoms with E-state index < -0.39 is 0 Å². The van der Waals surface area contributed by atoms with E-state index in [9.17, 15) is 9.90 Å². The number of carbonyl (C=O) groups excluding carboxylic acids is 1. The van der Waals surface area contributed by atoms with Crippen molar-refractivity contribution in [3.8, 4) is 11.5 Å². The Hall–Kier alpha value is -2.28. The third-order valence-corrected chi connectivity index (χ3v) is 9.84. The molecule has 2 aliphatic heterocycles. The molecule has 3 fully saturated rings. The van der Waals surface area contributed by atoms with Crippen LogP contribution in [0.4, 0.5) is 5.69 Å². The Morgan fingerprint density at radius 1 is 1.28 bits per heavy atom. The van der Waals surface area contributed by atoms with Crippen molar-refractivity contribution in [2.24, 2.45) is 17.8 Å². The molecule has 2 aromatic rings. The number of phenolic OH excluding ortho intramolecular Hbond substituents is 1. The number of carbonyl (C=O) groups is 1. The van der Waals surface area contributed by atoms with Crippen LogP contribution in [0.25, 0.3) is 0 Å². The largest absolute Gasteiger partial charge is 0.504 e. The Labute approximate surface area is 217 Å². The zero-order chi connectivity index (χ0) is 24.6. The van der Waals surface area contributed by atoms with E-state index in [2.05, 4.69) is 28.1 Å². The van der Waals surface area contributed by atoms with E-state index in [1.807, 2.05) is 12.1 Å². The summed E-state index contributed by atoms with van der Waals surface area (Å²) in [6, 6.07) is 10.3. The number of piperidine rings is 1. The molecule has 2 saturated carbocycles. The minimum absolute atomic E-state index is 0.0376. The predicted molar refractivity (Wildman–Crippen MR) is 140 cm³/mol. The number of ether oxygens (including phenoxy) is 1. The van der Waals surface area contributed by atoms with E-state index in [1.165, 1.54) is 37.3 Å². The van der Waals surface area contributed by atoms with Gasteiger partial charge in [0.1, 0.15) is 6.10 Å². The maximum absolute atomic E-state index is 12.0. The highest BCUT2D eigenvalue weighted by Gasteiger charge is 2.66. The summed E-state index contributed by atoms with van der Waals surface area (Å²) < 4.78 is 6.85. The van der Waals surface area contributed by atoms with Gasteiger partial charge in [0.15, 0.2) is 11.5 Å². The number of aromatic hydroxyl groups is 1. The molecule has 2 aromatic carbocycles. The minimum Gasteiger partial charge on any atom is -0.504 e. The number of halogens is 1. The summed E-state index contributed by atoms with van der Waals surface area (Å²) in [7, 11) is 0. The summed E-state index contributed by atoms with van der Waals surface area (Å²) in [5.74, 6) is 2.51. The molecule has 1 saturated heterocycles. The van der Waals surface area contributed by atoms with Gasteiger partial charge in [0.05, 0.1) is 0 Å². The number of phenols is 1. The van der Waals surface area contributed by atoms with Gasteiger partial charge in [-0.15, -0.1) is 0 Å². The summed E-state index contributed by atoms with van der Waals surface area (Å²) in [5.41, 5.74) is 4.11. The minimum atomic E-state index is -0.150. The van der Waals surface area contributed by atoms with Crippen molar-refractivity contribution in [1.29, 1.82) is 0 Å². The van der Waals surface area contributed by atoms with Crippen LogP contribution in [0.15, 0.2) is 30.3 Å². The first kappa shape index (κ1) is 22.9. The summed E-state index contributed by atoms with van der Waals surface area (Å²) in [6.07, 6.45) is 6.89. The van der Waals surface area contributed by atoms with Gasteiger partial charge in [-0.2, -0.15) is 0 Å². The molecule has 1 amide bonds. The standard InChI is InChI=1S/C29H34ClN3O3/c1-15(34)33-22-13-24(35)27-25-20(22)12-23-21-11-18(10-16-2-3-16)26(28(36-27)29(21,25)8-9-31-23)32-14-17-4-6-19(30)7-5-17/h4-7,13,16,18,21,23,26,28,31-32,35H,2-3,8-12,14H2,1H3,(H,33,34)/t18?,21-,23+,26+,28-,29-/m0/s1. The van der Waals surface area contributed by atoms with Crippen molar-refractivity contribution in [3.05, 3.63) is 52.0 Å². The second-order valence-corrected chi connectivity index (χ2v) is 12.2. The SMILES string of the molecule is CC(=O)Nc1cc(O)c2c3c1C[C@H]1NCC[C@]34[C@H]1CC(CC1CC1)[C@@H](NCc1ccc(Cl)cc1)[C@@H]4O2. The van der Waals surface area contributed by atoms with Gasteiger partial charge in [-0.3, -0.25) is 4.79 Å². The maximum atomic E-state index is 12.0. The molecule has 7 rings (SSSR count). The maximum Gasteiger partial charge on any atom is 0.221 e. The van der Waals surface area contributed by atoms with Crippen molar-refractivity contribution in [2.45, 2.75) is 75.6 Å². The first-order chi connectivity index (χ1) is 17.4. The van der Waals surface area contributed by atoms with Crippen LogP contribution in [0.2, 0.25) is 5.02 Å². The van der Waals surface area contributed by atoms with Gasteiger partial charge in [0, 0.05) is 53.3 Å². The monoisotopic (exact) mass is 507 g/mol. The Morgan fingerprint density at radius 2 is 2.08 bits per heavy atom.